The summed E-state index contributed by atoms with van der Waals surface area (Å²) in [5.41, 5.74) is 1.74. The molecule has 27 heavy (non-hydrogen) atoms. The summed E-state index contributed by atoms with van der Waals surface area (Å²) in [4.78, 5) is 23.9. The highest BCUT2D eigenvalue weighted by Crippen LogP contribution is 2.29. The van der Waals surface area contributed by atoms with E-state index in [0.29, 0.717) is 35.8 Å². The van der Waals surface area contributed by atoms with Crippen molar-refractivity contribution in [3.63, 3.8) is 0 Å². The third kappa shape index (κ3) is 5.60. The van der Waals surface area contributed by atoms with E-state index in [4.69, 9.17) is 9.47 Å². The first-order chi connectivity index (χ1) is 12.9. The van der Waals surface area contributed by atoms with Gasteiger partial charge in [0, 0.05) is 5.56 Å². The number of aryl methyl sites for hydroxylation is 1. The van der Waals surface area contributed by atoms with Crippen molar-refractivity contribution in [2.45, 2.75) is 20.8 Å². The third-order valence-corrected chi connectivity index (χ3v) is 3.67. The molecule has 0 aliphatic carbocycles. The smallest absolute Gasteiger partial charge is 0.352 e. The molecule has 2 aromatic rings. The van der Waals surface area contributed by atoms with Gasteiger partial charge in [0.25, 0.3) is 5.91 Å². The first kappa shape index (κ1) is 20.0. The maximum Gasteiger partial charge on any atom is 0.352 e. The molecule has 2 aromatic carbocycles. The lowest BCUT2D eigenvalue weighted by molar-refractivity contribution is -0.132. The van der Waals surface area contributed by atoms with Crippen LogP contribution in [0.1, 0.15) is 35.3 Å². The van der Waals surface area contributed by atoms with Crippen molar-refractivity contribution in [2.75, 3.05) is 13.2 Å². The molecule has 0 spiro atoms. The zero-order chi connectivity index (χ0) is 19.8. The van der Waals surface area contributed by atoms with Crippen LogP contribution in [0.3, 0.4) is 0 Å². The van der Waals surface area contributed by atoms with Gasteiger partial charge in [0.05, 0.1) is 13.2 Å². The maximum atomic E-state index is 12.3. The Balaban J connectivity index is 2.28. The van der Waals surface area contributed by atoms with Crippen LogP contribution < -0.4 is 14.8 Å². The van der Waals surface area contributed by atoms with Gasteiger partial charge in [-0.05, 0) is 56.7 Å². The van der Waals surface area contributed by atoms with E-state index in [2.05, 4.69) is 5.32 Å². The molecule has 0 saturated heterocycles. The van der Waals surface area contributed by atoms with Gasteiger partial charge in [-0.15, -0.1) is 0 Å². The van der Waals surface area contributed by atoms with Gasteiger partial charge in [-0.25, -0.2) is 4.79 Å². The predicted octanol–water partition coefficient (Wildman–Crippen LogP) is 3.65. The summed E-state index contributed by atoms with van der Waals surface area (Å²) in [6.45, 7) is 6.56. The zero-order valence-corrected chi connectivity index (χ0v) is 15.6. The van der Waals surface area contributed by atoms with E-state index in [1.54, 1.807) is 42.5 Å². The Kier molecular flexibility index (Phi) is 7.00. The molecule has 2 rings (SSSR count). The Labute approximate surface area is 158 Å². The van der Waals surface area contributed by atoms with Gasteiger partial charge in [-0.2, -0.15) is 0 Å². The molecule has 6 heteroatoms. The lowest BCUT2D eigenvalue weighted by Crippen LogP contribution is -2.27. The standard InChI is InChI=1S/C21H23NO5/c1-4-26-18-11-8-15(13-19(18)27-5-2)12-17(21(24)25)22-20(23)16-9-6-14(3)7-10-16/h6-13H,4-5H2,1-3H3,(H,22,23)(H,24,25)/b17-12+. The summed E-state index contributed by atoms with van der Waals surface area (Å²) >= 11 is 0. The van der Waals surface area contributed by atoms with Gasteiger partial charge in [-0.1, -0.05) is 23.8 Å². The van der Waals surface area contributed by atoms with Crippen LogP contribution in [-0.4, -0.2) is 30.2 Å². The van der Waals surface area contributed by atoms with Crippen LogP contribution in [-0.2, 0) is 4.79 Å². The molecule has 142 valence electrons. The molecule has 0 aliphatic rings. The van der Waals surface area contributed by atoms with Crippen molar-refractivity contribution < 1.29 is 24.2 Å². The fourth-order valence-electron chi connectivity index (χ4n) is 2.37. The SMILES string of the molecule is CCOc1ccc(/C=C(/NC(=O)c2ccc(C)cc2)C(=O)O)cc1OCC. The summed E-state index contributed by atoms with van der Waals surface area (Å²) in [7, 11) is 0. The minimum atomic E-state index is -1.23. The second-order valence-electron chi connectivity index (χ2n) is 5.76. The van der Waals surface area contributed by atoms with E-state index in [0.717, 1.165) is 5.56 Å². The Morgan fingerprint density at radius 3 is 2.22 bits per heavy atom. The second kappa shape index (κ2) is 9.43. The number of carboxylic acid groups (broad SMARTS) is 1. The Bertz CT molecular complexity index is 840. The lowest BCUT2D eigenvalue weighted by atomic mass is 10.1. The number of carboxylic acids is 1. The average molecular weight is 369 g/mol. The zero-order valence-electron chi connectivity index (χ0n) is 15.6. The van der Waals surface area contributed by atoms with Crippen LogP contribution in [0.2, 0.25) is 0 Å². The van der Waals surface area contributed by atoms with Gasteiger partial charge in [0.1, 0.15) is 5.70 Å². The molecular weight excluding hydrogens is 346 g/mol. The molecule has 0 saturated carbocycles. The van der Waals surface area contributed by atoms with Crippen molar-refractivity contribution in [3.8, 4) is 11.5 Å². The summed E-state index contributed by atoms with van der Waals surface area (Å²) in [5.74, 6) is -0.623. The number of aliphatic carboxylic acids is 1. The molecule has 0 fully saturated rings. The molecule has 0 heterocycles. The molecule has 0 bridgehead atoms. The highest BCUT2D eigenvalue weighted by Gasteiger charge is 2.14. The van der Waals surface area contributed by atoms with Crippen LogP contribution in [0.5, 0.6) is 11.5 Å². The number of hydrogen-bond donors (Lipinski definition) is 2. The fraction of sp³-hybridized carbons (Fsp3) is 0.238. The van der Waals surface area contributed by atoms with Gasteiger partial charge in [-0.3, -0.25) is 4.79 Å². The van der Waals surface area contributed by atoms with Gasteiger partial charge < -0.3 is 19.9 Å². The number of hydrogen-bond acceptors (Lipinski definition) is 4. The van der Waals surface area contributed by atoms with Crippen molar-refractivity contribution in [1.82, 2.24) is 5.32 Å². The van der Waals surface area contributed by atoms with Gasteiger partial charge in [0.2, 0.25) is 0 Å². The van der Waals surface area contributed by atoms with Gasteiger partial charge in [0.15, 0.2) is 11.5 Å². The van der Waals surface area contributed by atoms with Crippen LogP contribution in [0, 0.1) is 6.92 Å². The summed E-state index contributed by atoms with van der Waals surface area (Å²) < 4.78 is 11.0. The molecular formula is C21H23NO5. The summed E-state index contributed by atoms with van der Waals surface area (Å²) in [6, 6.07) is 12.0. The van der Waals surface area contributed by atoms with E-state index in [9.17, 15) is 14.7 Å². The molecule has 0 unspecified atom stereocenters. The van der Waals surface area contributed by atoms with E-state index < -0.39 is 11.9 Å². The van der Waals surface area contributed by atoms with Crippen LogP contribution >= 0.6 is 0 Å². The quantitative estimate of drug-likeness (QED) is 0.694. The monoisotopic (exact) mass is 369 g/mol. The molecule has 0 aromatic heterocycles. The largest absolute Gasteiger partial charge is 0.490 e. The average Bonchev–Trinajstić information content (AvgIpc) is 2.64. The Morgan fingerprint density at radius 2 is 1.63 bits per heavy atom. The maximum absolute atomic E-state index is 12.3. The number of benzene rings is 2. The minimum absolute atomic E-state index is 0.229. The lowest BCUT2D eigenvalue weighted by Gasteiger charge is -2.12. The normalized spacial score (nSPS) is 11.0. The molecule has 0 radical (unpaired) electrons. The Hall–Kier alpha value is -3.28. The first-order valence-electron chi connectivity index (χ1n) is 8.67. The van der Waals surface area contributed by atoms with Crippen molar-refractivity contribution in [3.05, 3.63) is 64.9 Å². The molecule has 2 N–H and O–H groups in total. The number of rotatable bonds is 8. The van der Waals surface area contributed by atoms with Crippen LogP contribution in [0.25, 0.3) is 6.08 Å². The highest BCUT2D eigenvalue weighted by molar-refractivity contribution is 6.02. The van der Waals surface area contributed by atoms with Crippen molar-refractivity contribution in [1.29, 1.82) is 0 Å². The van der Waals surface area contributed by atoms with E-state index in [1.165, 1.54) is 6.08 Å². The van der Waals surface area contributed by atoms with E-state index in [-0.39, 0.29) is 5.70 Å². The van der Waals surface area contributed by atoms with E-state index >= 15 is 0 Å². The van der Waals surface area contributed by atoms with E-state index in [1.807, 2.05) is 20.8 Å². The number of ether oxygens (including phenoxy) is 2. The van der Waals surface area contributed by atoms with Gasteiger partial charge >= 0.3 is 5.97 Å². The van der Waals surface area contributed by atoms with Crippen LogP contribution in [0.4, 0.5) is 0 Å². The third-order valence-electron chi connectivity index (χ3n) is 3.67. The molecule has 0 atom stereocenters. The van der Waals surface area contributed by atoms with Crippen molar-refractivity contribution in [2.24, 2.45) is 0 Å². The Morgan fingerprint density at radius 1 is 1.00 bits per heavy atom. The highest BCUT2D eigenvalue weighted by atomic mass is 16.5. The summed E-state index contributed by atoms with van der Waals surface area (Å²) in [5, 5.41) is 11.9. The predicted molar refractivity (Wildman–Crippen MR) is 103 cm³/mol. The molecule has 0 aliphatic heterocycles. The number of carbonyl (C=O) groups excluding carboxylic acids is 1. The fourth-order valence-corrected chi connectivity index (χ4v) is 2.37. The molecule has 1 amide bonds. The van der Waals surface area contributed by atoms with Crippen LogP contribution in [0.15, 0.2) is 48.2 Å². The number of nitrogens with one attached hydrogen (secondary N) is 1. The number of carbonyl (C=O) groups is 2. The first-order valence-corrected chi connectivity index (χ1v) is 8.67. The minimum Gasteiger partial charge on any atom is -0.490 e. The topological polar surface area (TPSA) is 84.9 Å². The molecule has 6 nitrogen and oxygen atoms in total. The second-order valence-corrected chi connectivity index (χ2v) is 5.76. The summed E-state index contributed by atoms with van der Waals surface area (Å²) in [6.07, 6.45) is 1.38. The van der Waals surface area contributed by atoms with Crippen molar-refractivity contribution >= 4 is 18.0 Å². The number of amides is 1.